The number of carbonyl (C=O) groups excluding carboxylic acids is 1. The van der Waals surface area contributed by atoms with Gasteiger partial charge in [0, 0.05) is 6.54 Å². The minimum absolute atomic E-state index is 0.00177. The Bertz CT molecular complexity index is 836. The number of rotatable bonds is 3. The third-order valence-corrected chi connectivity index (χ3v) is 4.62. The van der Waals surface area contributed by atoms with Gasteiger partial charge in [-0.2, -0.15) is 0 Å². The second kappa shape index (κ2) is 7.43. The van der Waals surface area contributed by atoms with Crippen molar-refractivity contribution in [2.45, 2.75) is 45.3 Å². The van der Waals surface area contributed by atoms with Gasteiger partial charge in [0.1, 0.15) is 5.60 Å². The first-order valence-electron chi connectivity index (χ1n) is 9.18. The molecule has 0 aliphatic carbocycles. The minimum atomic E-state index is -0.936. The Morgan fingerprint density at radius 3 is 2.41 bits per heavy atom. The largest absolute Gasteiger partial charge is 0.478 e. The lowest BCUT2D eigenvalue weighted by Crippen LogP contribution is -2.36. The molecule has 1 amide bonds. The minimum Gasteiger partial charge on any atom is -0.478 e. The first-order valence-corrected chi connectivity index (χ1v) is 9.18. The van der Waals surface area contributed by atoms with Crippen LogP contribution in [0.4, 0.5) is 4.79 Å². The van der Waals surface area contributed by atoms with Crippen LogP contribution in [0.25, 0.3) is 11.1 Å². The van der Waals surface area contributed by atoms with E-state index >= 15 is 0 Å². The van der Waals surface area contributed by atoms with Crippen molar-refractivity contribution in [1.29, 1.82) is 0 Å². The Kier molecular flexibility index (Phi) is 5.22. The van der Waals surface area contributed by atoms with Crippen LogP contribution in [-0.4, -0.2) is 34.2 Å². The number of amides is 1. The van der Waals surface area contributed by atoms with Gasteiger partial charge in [0.05, 0.1) is 11.6 Å². The summed E-state index contributed by atoms with van der Waals surface area (Å²) >= 11 is 0. The van der Waals surface area contributed by atoms with Crippen LogP contribution in [0.15, 0.2) is 48.5 Å². The Morgan fingerprint density at radius 1 is 1.07 bits per heavy atom. The third-order valence-electron chi connectivity index (χ3n) is 4.62. The zero-order valence-electron chi connectivity index (χ0n) is 15.9. The number of carboxylic acids is 1. The van der Waals surface area contributed by atoms with E-state index in [1.54, 1.807) is 17.0 Å². The van der Waals surface area contributed by atoms with Crippen molar-refractivity contribution in [1.82, 2.24) is 4.90 Å². The van der Waals surface area contributed by atoms with Crippen LogP contribution in [0.3, 0.4) is 0 Å². The van der Waals surface area contributed by atoms with Crippen molar-refractivity contribution >= 4 is 12.1 Å². The summed E-state index contributed by atoms with van der Waals surface area (Å²) in [4.78, 5) is 25.4. The summed E-state index contributed by atoms with van der Waals surface area (Å²) in [6.07, 6.45) is 1.57. The first-order chi connectivity index (χ1) is 12.7. The fourth-order valence-corrected chi connectivity index (χ4v) is 3.38. The molecule has 1 heterocycles. The molecule has 0 aromatic heterocycles. The lowest BCUT2D eigenvalue weighted by atomic mass is 9.97. The monoisotopic (exact) mass is 367 g/mol. The van der Waals surface area contributed by atoms with Gasteiger partial charge in [-0.05, 0) is 68.5 Å². The number of nitrogens with zero attached hydrogens (tertiary/aromatic N) is 1. The van der Waals surface area contributed by atoms with Gasteiger partial charge in [0.2, 0.25) is 0 Å². The average Bonchev–Trinajstić information content (AvgIpc) is 3.10. The van der Waals surface area contributed by atoms with Gasteiger partial charge in [-0.25, -0.2) is 9.59 Å². The summed E-state index contributed by atoms with van der Waals surface area (Å²) in [7, 11) is 0. The second-order valence-corrected chi connectivity index (χ2v) is 7.84. The van der Waals surface area contributed by atoms with Crippen molar-refractivity contribution in [3.63, 3.8) is 0 Å². The van der Waals surface area contributed by atoms with Crippen LogP contribution in [0, 0.1) is 0 Å². The van der Waals surface area contributed by atoms with Gasteiger partial charge >= 0.3 is 12.1 Å². The molecule has 27 heavy (non-hydrogen) atoms. The SMILES string of the molecule is CC(C)(C)OC(=O)N1CCC[C@@H]1c1cccc(-c2ccc(C(=O)O)cc2)c1. The van der Waals surface area contributed by atoms with Crippen LogP contribution in [0.5, 0.6) is 0 Å². The molecule has 0 bridgehead atoms. The lowest BCUT2D eigenvalue weighted by Gasteiger charge is -2.29. The fourth-order valence-electron chi connectivity index (χ4n) is 3.38. The maximum atomic E-state index is 12.5. The van der Waals surface area contributed by atoms with Crippen molar-refractivity contribution in [2.24, 2.45) is 0 Å². The van der Waals surface area contributed by atoms with E-state index < -0.39 is 11.6 Å². The molecule has 1 N–H and O–H groups in total. The highest BCUT2D eigenvalue weighted by Gasteiger charge is 2.33. The highest BCUT2D eigenvalue weighted by atomic mass is 16.6. The fraction of sp³-hybridized carbons (Fsp3) is 0.364. The number of ether oxygens (including phenoxy) is 1. The molecule has 142 valence electrons. The summed E-state index contributed by atoms with van der Waals surface area (Å²) in [6.45, 7) is 6.31. The van der Waals surface area contributed by atoms with E-state index in [9.17, 15) is 9.59 Å². The van der Waals surface area contributed by atoms with E-state index in [0.717, 1.165) is 29.5 Å². The number of hydrogen-bond donors (Lipinski definition) is 1. The predicted molar refractivity (Wildman–Crippen MR) is 104 cm³/mol. The molecule has 2 aromatic carbocycles. The molecule has 1 saturated heterocycles. The molecule has 5 heteroatoms. The van der Waals surface area contributed by atoms with Crippen LogP contribution < -0.4 is 0 Å². The summed E-state index contributed by atoms with van der Waals surface area (Å²) in [5.74, 6) is -0.936. The van der Waals surface area contributed by atoms with E-state index in [-0.39, 0.29) is 17.7 Å². The van der Waals surface area contributed by atoms with E-state index in [4.69, 9.17) is 9.84 Å². The highest BCUT2D eigenvalue weighted by molar-refractivity contribution is 5.88. The van der Waals surface area contributed by atoms with Crippen molar-refractivity contribution in [3.05, 3.63) is 59.7 Å². The number of aromatic carboxylic acids is 1. The Morgan fingerprint density at radius 2 is 1.78 bits per heavy atom. The third kappa shape index (κ3) is 4.48. The lowest BCUT2D eigenvalue weighted by molar-refractivity contribution is 0.0224. The molecule has 0 spiro atoms. The molecule has 3 rings (SSSR count). The van der Waals surface area contributed by atoms with E-state index in [0.29, 0.717) is 6.54 Å². The van der Waals surface area contributed by atoms with Gasteiger partial charge in [0.25, 0.3) is 0 Å². The Hall–Kier alpha value is -2.82. The van der Waals surface area contributed by atoms with Crippen molar-refractivity contribution < 1.29 is 19.4 Å². The van der Waals surface area contributed by atoms with Crippen molar-refractivity contribution in [3.8, 4) is 11.1 Å². The van der Waals surface area contributed by atoms with Crippen LogP contribution >= 0.6 is 0 Å². The van der Waals surface area contributed by atoms with Crippen LogP contribution in [0.1, 0.15) is 55.6 Å². The smallest absolute Gasteiger partial charge is 0.410 e. The second-order valence-electron chi connectivity index (χ2n) is 7.84. The van der Waals surface area contributed by atoms with E-state index in [2.05, 4.69) is 6.07 Å². The molecule has 1 fully saturated rings. The zero-order valence-corrected chi connectivity index (χ0v) is 15.9. The van der Waals surface area contributed by atoms with Gasteiger partial charge in [-0.3, -0.25) is 0 Å². The average molecular weight is 367 g/mol. The predicted octanol–water partition coefficient (Wildman–Crippen LogP) is 5.12. The Balaban J connectivity index is 1.84. The molecule has 0 saturated carbocycles. The number of hydrogen-bond acceptors (Lipinski definition) is 3. The van der Waals surface area contributed by atoms with Gasteiger partial charge in [-0.15, -0.1) is 0 Å². The maximum Gasteiger partial charge on any atom is 0.410 e. The van der Waals surface area contributed by atoms with E-state index in [1.807, 2.05) is 51.1 Å². The van der Waals surface area contributed by atoms with E-state index in [1.165, 1.54) is 0 Å². The number of likely N-dealkylation sites (tertiary alicyclic amines) is 1. The quantitative estimate of drug-likeness (QED) is 0.817. The molecule has 1 aliphatic heterocycles. The summed E-state index contributed by atoms with van der Waals surface area (Å²) in [6, 6.07) is 14.9. The molecular formula is C22H25NO4. The Labute approximate surface area is 159 Å². The number of benzene rings is 2. The van der Waals surface area contributed by atoms with Crippen LogP contribution in [0.2, 0.25) is 0 Å². The molecule has 5 nitrogen and oxygen atoms in total. The maximum absolute atomic E-state index is 12.5. The summed E-state index contributed by atoms with van der Waals surface area (Å²) < 4.78 is 5.56. The molecule has 0 unspecified atom stereocenters. The topological polar surface area (TPSA) is 66.8 Å². The molecular weight excluding hydrogens is 342 g/mol. The van der Waals surface area contributed by atoms with Gasteiger partial charge in [0.15, 0.2) is 0 Å². The molecule has 1 aliphatic rings. The summed E-state index contributed by atoms with van der Waals surface area (Å²) in [5, 5.41) is 9.05. The standard InChI is InChI=1S/C22H25NO4/c1-22(2,3)27-21(26)23-13-5-8-19(23)18-7-4-6-17(14-18)15-9-11-16(12-10-15)20(24)25/h4,6-7,9-12,14,19H,5,8,13H2,1-3H3,(H,24,25)/t19-/m1/s1. The highest BCUT2D eigenvalue weighted by Crippen LogP contribution is 2.35. The molecule has 0 radical (unpaired) electrons. The number of carbonyl (C=O) groups is 2. The number of carboxylic acid groups (broad SMARTS) is 1. The summed E-state index contributed by atoms with van der Waals surface area (Å²) in [5.41, 5.74) is 2.77. The first kappa shape index (κ1) is 19.0. The van der Waals surface area contributed by atoms with Gasteiger partial charge in [-0.1, -0.05) is 30.3 Å². The van der Waals surface area contributed by atoms with Gasteiger partial charge < -0.3 is 14.7 Å². The van der Waals surface area contributed by atoms with Crippen molar-refractivity contribution in [2.75, 3.05) is 6.54 Å². The van der Waals surface area contributed by atoms with Crippen LogP contribution in [-0.2, 0) is 4.74 Å². The zero-order chi connectivity index (χ0) is 19.6. The molecule has 1 atom stereocenters. The molecule has 2 aromatic rings. The normalized spacial score (nSPS) is 17.0.